The van der Waals surface area contributed by atoms with E-state index in [9.17, 15) is 22.8 Å². The van der Waals surface area contributed by atoms with Gasteiger partial charge in [0.2, 0.25) is 5.43 Å². The number of hydrogen-bond acceptors (Lipinski definition) is 4. The van der Waals surface area contributed by atoms with Gasteiger partial charge in [0, 0.05) is 30.7 Å². The van der Waals surface area contributed by atoms with Gasteiger partial charge in [-0.25, -0.2) is 4.68 Å². The van der Waals surface area contributed by atoms with Crippen molar-refractivity contribution < 1.29 is 18.0 Å². The summed E-state index contributed by atoms with van der Waals surface area (Å²) in [6.07, 6.45) is -1.04. The number of carbonyl (C=O) groups is 1. The molecule has 174 valence electrons. The van der Waals surface area contributed by atoms with Gasteiger partial charge >= 0.3 is 6.18 Å². The quantitative estimate of drug-likeness (QED) is 0.469. The number of alkyl halides is 3. The Morgan fingerprint density at radius 3 is 2.50 bits per heavy atom. The van der Waals surface area contributed by atoms with E-state index in [-0.39, 0.29) is 12.2 Å². The van der Waals surface area contributed by atoms with Crippen LogP contribution in [0.5, 0.6) is 0 Å². The summed E-state index contributed by atoms with van der Waals surface area (Å²) >= 11 is 0. The zero-order chi connectivity index (χ0) is 24.3. The molecule has 0 saturated heterocycles. The molecule has 4 rings (SSSR count). The number of aromatic nitrogens is 4. The second-order valence-electron chi connectivity index (χ2n) is 7.61. The lowest BCUT2D eigenvalue weighted by Crippen LogP contribution is -2.32. The van der Waals surface area contributed by atoms with Crippen LogP contribution in [0.2, 0.25) is 0 Å². The number of nitrogens with zero attached hydrogens (tertiary/aromatic N) is 4. The predicted octanol–water partition coefficient (Wildman–Crippen LogP) is 3.73. The first-order chi connectivity index (χ1) is 16.2. The molecule has 0 bridgehead atoms. The van der Waals surface area contributed by atoms with Gasteiger partial charge in [-0.15, -0.1) is 0 Å². The molecular weight excluding hydrogens is 447 g/mol. The molecule has 1 amide bonds. The predicted molar refractivity (Wildman–Crippen MR) is 119 cm³/mol. The van der Waals surface area contributed by atoms with Crippen LogP contribution in [0.25, 0.3) is 5.69 Å². The third-order valence-corrected chi connectivity index (χ3v) is 5.19. The summed E-state index contributed by atoms with van der Waals surface area (Å²) in [7, 11) is 0. The number of amides is 1. The van der Waals surface area contributed by atoms with Crippen LogP contribution in [-0.2, 0) is 19.3 Å². The zero-order valence-corrected chi connectivity index (χ0v) is 18.1. The minimum Gasteiger partial charge on any atom is -0.346 e. The van der Waals surface area contributed by atoms with Crippen LogP contribution in [0.1, 0.15) is 32.9 Å². The van der Waals surface area contributed by atoms with Crippen LogP contribution in [0.3, 0.4) is 0 Å². The SMILES string of the molecule is Cc1cc(=O)c(C(=O)NCc2ccccc2Cn2cccn2)nn1-c1cccc(C(F)(F)F)c1. The maximum absolute atomic E-state index is 13.1. The van der Waals surface area contributed by atoms with Gasteiger partial charge in [0.25, 0.3) is 5.91 Å². The Labute approximate surface area is 192 Å². The van der Waals surface area contributed by atoms with Gasteiger partial charge in [-0.1, -0.05) is 30.3 Å². The highest BCUT2D eigenvalue weighted by Gasteiger charge is 2.30. The molecule has 0 fully saturated rings. The summed E-state index contributed by atoms with van der Waals surface area (Å²) in [6.45, 7) is 2.17. The van der Waals surface area contributed by atoms with Crippen molar-refractivity contribution in [2.75, 3.05) is 0 Å². The maximum Gasteiger partial charge on any atom is 0.416 e. The van der Waals surface area contributed by atoms with Crippen LogP contribution in [-0.4, -0.2) is 25.5 Å². The molecule has 2 aromatic heterocycles. The fourth-order valence-corrected chi connectivity index (χ4v) is 3.49. The third-order valence-electron chi connectivity index (χ3n) is 5.19. The highest BCUT2D eigenvalue weighted by atomic mass is 19.4. The summed E-state index contributed by atoms with van der Waals surface area (Å²) in [4.78, 5) is 25.3. The average Bonchev–Trinajstić information content (AvgIpc) is 3.31. The number of halogens is 3. The lowest BCUT2D eigenvalue weighted by molar-refractivity contribution is -0.137. The first kappa shape index (κ1) is 23.0. The highest BCUT2D eigenvalue weighted by molar-refractivity contribution is 5.92. The number of carbonyl (C=O) groups excluding carboxylic acids is 1. The Kier molecular flexibility index (Phi) is 6.31. The maximum atomic E-state index is 13.1. The lowest BCUT2D eigenvalue weighted by atomic mass is 10.1. The Morgan fingerprint density at radius 2 is 1.79 bits per heavy atom. The van der Waals surface area contributed by atoms with E-state index in [1.165, 1.54) is 25.1 Å². The molecule has 0 radical (unpaired) electrons. The Bertz CT molecular complexity index is 1380. The summed E-state index contributed by atoms with van der Waals surface area (Å²) in [5.41, 5.74) is 0.262. The zero-order valence-electron chi connectivity index (χ0n) is 18.1. The van der Waals surface area contributed by atoms with Crippen molar-refractivity contribution in [3.8, 4) is 5.69 Å². The van der Waals surface area contributed by atoms with Crippen molar-refractivity contribution in [2.24, 2.45) is 0 Å². The van der Waals surface area contributed by atoms with Crippen molar-refractivity contribution in [3.05, 3.63) is 111 Å². The van der Waals surface area contributed by atoms with Gasteiger partial charge in [-0.2, -0.15) is 23.4 Å². The molecule has 7 nitrogen and oxygen atoms in total. The van der Waals surface area contributed by atoms with Gasteiger partial charge in [-0.05, 0) is 42.3 Å². The Hall–Kier alpha value is -4.21. The first-order valence-electron chi connectivity index (χ1n) is 10.3. The number of benzene rings is 2. The van der Waals surface area contributed by atoms with Gasteiger partial charge < -0.3 is 5.32 Å². The van der Waals surface area contributed by atoms with Crippen molar-refractivity contribution in [1.29, 1.82) is 0 Å². The van der Waals surface area contributed by atoms with Gasteiger partial charge in [0.15, 0.2) is 5.69 Å². The van der Waals surface area contributed by atoms with E-state index in [2.05, 4.69) is 15.5 Å². The molecule has 0 unspecified atom stereocenters. The van der Waals surface area contributed by atoms with Crippen LogP contribution >= 0.6 is 0 Å². The lowest BCUT2D eigenvalue weighted by Gasteiger charge is -2.14. The van der Waals surface area contributed by atoms with E-state index < -0.39 is 28.8 Å². The van der Waals surface area contributed by atoms with Crippen LogP contribution in [0.15, 0.2) is 77.9 Å². The molecule has 0 aliphatic heterocycles. The number of nitrogens with one attached hydrogen (secondary N) is 1. The van der Waals surface area contributed by atoms with Crippen molar-refractivity contribution in [2.45, 2.75) is 26.2 Å². The highest BCUT2D eigenvalue weighted by Crippen LogP contribution is 2.30. The van der Waals surface area contributed by atoms with Crippen molar-refractivity contribution >= 4 is 5.91 Å². The van der Waals surface area contributed by atoms with Crippen LogP contribution in [0, 0.1) is 6.92 Å². The second-order valence-corrected chi connectivity index (χ2v) is 7.61. The van der Waals surface area contributed by atoms with Crippen molar-refractivity contribution in [1.82, 2.24) is 24.9 Å². The monoisotopic (exact) mass is 467 g/mol. The van der Waals surface area contributed by atoms with Crippen LogP contribution < -0.4 is 10.7 Å². The van der Waals surface area contributed by atoms with Gasteiger partial charge in [0.1, 0.15) is 0 Å². The molecule has 2 heterocycles. The molecule has 2 aromatic carbocycles. The molecule has 0 aliphatic carbocycles. The van der Waals surface area contributed by atoms with E-state index >= 15 is 0 Å². The molecule has 34 heavy (non-hydrogen) atoms. The molecule has 0 aliphatic rings. The molecule has 10 heteroatoms. The normalized spacial score (nSPS) is 11.4. The Morgan fingerprint density at radius 1 is 1.03 bits per heavy atom. The van der Waals surface area contributed by atoms with Crippen molar-refractivity contribution in [3.63, 3.8) is 0 Å². The molecular formula is C24H20F3N5O2. The summed E-state index contributed by atoms with van der Waals surface area (Å²) in [5.74, 6) is -0.723. The molecule has 4 aromatic rings. The Balaban J connectivity index is 1.58. The fraction of sp³-hybridized carbons (Fsp3) is 0.167. The van der Waals surface area contributed by atoms with Gasteiger partial charge in [0.05, 0.1) is 17.8 Å². The molecule has 0 spiro atoms. The largest absolute Gasteiger partial charge is 0.416 e. The number of hydrogen-bond donors (Lipinski definition) is 1. The average molecular weight is 467 g/mol. The minimum atomic E-state index is -4.54. The third kappa shape index (κ3) is 5.06. The van der Waals surface area contributed by atoms with Crippen LogP contribution in [0.4, 0.5) is 13.2 Å². The molecule has 0 atom stereocenters. The van der Waals surface area contributed by atoms with E-state index in [4.69, 9.17) is 0 Å². The standard InChI is InChI=1S/C24H20F3N5O2/c1-16-12-21(33)22(30-32(16)20-9-4-8-19(13-20)24(25,26)27)23(34)28-14-17-6-2-3-7-18(17)15-31-11-5-10-29-31/h2-13H,14-15H2,1H3,(H,28,34). The second kappa shape index (κ2) is 9.34. The molecule has 0 saturated carbocycles. The fourth-order valence-electron chi connectivity index (χ4n) is 3.49. The number of rotatable bonds is 6. The minimum absolute atomic E-state index is 0.0888. The summed E-state index contributed by atoms with van der Waals surface area (Å²) in [5, 5.41) is 10.9. The summed E-state index contributed by atoms with van der Waals surface area (Å²) in [6, 6.07) is 15.0. The van der Waals surface area contributed by atoms with E-state index in [1.807, 2.05) is 36.5 Å². The summed E-state index contributed by atoms with van der Waals surface area (Å²) < 4.78 is 42.3. The number of aryl methyl sites for hydroxylation is 1. The molecule has 1 N–H and O–H groups in total. The topological polar surface area (TPSA) is 81.8 Å². The smallest absolute Gasteiger partial charge is 0.346 e. The van der Waals surface area contributed by atoms with E-state index in [0.29, 0.717) is 12.2 Å². The van der Waals surface area contributed by atoms with Gasteiger partial charge in [-0.3, -0.25) is 14.3 Å². The van der Waals surface area contributed by atoms with E-state index in [0.717, 1.165) is 27.9 Å². The van der Waals surface area contributed by atoms with E-state index in [1.54, 1.807) is 10.9 Å². The first-order valence-corrected chi connectivity index (χ1v) is 10.3.